The number of methoxy groups -OCH3 is 1. The second kappa shape index (κ2) is 9.69. The van der Waals surface area contributed by atoms with Crippen LogP contribution >= 0.6 is 0 Å². The standard InChI is InChI=1S/C24H28N2O4/c1-28-21-10-4-5-11-22(21)29-14-13-25-15-17(27)16-30-23-12-6-9-20-24(23)18-7-2-3-8-19(18)26-20/h2-12,17,20,24-27H,13-16H2,1H3. The number of para-hydroxylation sites is 3. The Balaban J connectivity index is 1.19. The molecule has 1 aliphatic carbocycles. The molecule has 1 heterocycles. The predicted octanol–water partition coefficient (Wildman–Crippen LogP) is 3.07. The minimum absolute atomic E-state index is 0.153. The van der Waals surface area contributed by atoms with E-state index >= 15 is 0 Å². The number of nitrogens with one attached hydrogen (secondary N) is 2. The van der Waals surface area contributed by atoms with E-state index in [0.29, 0.717) is 31.2 Å². The van der Waals surface area contributed by atoms with Crippen molar-refractivity contribution in [2.24, 2.45) is 0 Å². The summed E-state index contributed by atoms with van der Waals surface area (Å²) in [6.07, 6.45) is 5.55. The van der Waals surface area contributed by atoms with Crippen LogP contribution in [0.1, 0.15) is 11.5 Å². The van der Waals surface area contributed by atoms with Crippen molar-refractivity contribution in [1.82, 2.24) is 5.32 Å². The summed E-state index contributed by atoms with van der Waals surface area (Å²) < 4.78 is 17.0. The van der Waals surface area contributed by atoms with Crippen LogP contribution in [0, 0.1) is 0 Å². The maximum atomic E-state index is 10.3. The van der Waals surface area contributed by atoms with Crippen LogP contribution in [-0.2, 0) is 4.74 Å². The van der Waals surface area contributed by atoms with Crippen molar-refractivity contribution in [3.05, 3.63) is 78.1 Å². The lowest BCUT2D eigenvalue weighted by molar-refractivity contribution is 0.0645. The molecule has 30 heavy (non-hydrogen) atoms. The second-order valence-electron chi connectivity index (χ2n) is 7.36. The summed E-state index contributed by atoms with van der Waals surface area (Å²) >= 11 is 0. The first-order valence-electron chi connectivity index (χ1n) is 10.3. The summed E-state index contributed by atoms with van der Waals surface area (Å²) in [5.41, 5.74) is 2.38. The first kappa shape index (κ1) is 20.3. The van der Waals surface area contributed by atoms with Gasteiger partial charge in [-0.1, -0.05) is 42.5 Å². The lowest BCUT2D eigenvalue weighted by atomic mass is 9.90. The molecule has 0 bridgehead atoms. The van der Waals surface area contributed by atoms with Crippen molar-refractivity contribution < 1.29 is 19.3 Å². The molecule has 0 fully saturated rings. The van der Waals surface area contributed by atoms with Crippen LogP contribution in [0.5, 0.6) is 11.5 Å². The maximum absolute atomic E-state index is 10.3. The first-order valence-corrected chi connectivity index (χ1v) is 10.3. The van der Waals surface area contributed by atoms with E-state index < -0.39 is 6.10 Å². The highest BCUT2D eigenvalue weighted by Crippen LogP contribution is 2.42. The number of hydrogen-bond acceptors (Lipinski definition) is 6. The Morgan fingerprint density at radius 1 is 1.07 bits per heavy atom. The van der Waals surface area contributed by atoms with Crippen LogP contribution in [0.3, 0.4) is 0 Å². The van der Waals surface area contributed by atoms with Crippen LogP contribution in [0.2, 0.25) is 0 Å². The molecular weight excluding hydrogens is 380 g/mol. The van der Waals surface area contributed by atoms with Gasteiger partial charge in [-0.05, 0) is 29.8 Å². The molecule has 3 N–H and O–H groups in total. The third kappa shape index (κ3) is 4.61. The molecule has 0 amide bonds. The number of aliphatic hydroxyl groups excluding tert-OH is 1. The monoisotopic (exact) mass is 408 g/mol. The Kier molecular flexibility index (Phi) is 6.57. The molecule has 1 aliphatic heterocycles. The van der Waals surface area contributed by atoms with E-state index in [0.717, 1.165) is 11.4 Å². The van der Waals surface area contributed by atoms with Crippen molar-refractivity contribution in [2.45, 2.75) is 18.1 Å². The molecule has 2 aromatic carbocycles. The average Bonchev–Trinajstić information content (AvgIpc) is 3.17. The minimum Gasteiger partial charge on any atom is -0.494 e. The van der Waals surface area contributed by atoms with Gasteiger partial charge in [-0.25, -0.2) is 0 Å². The van der Waals surface area contributed by atoms with Crippen LogP contribution in [-0.4, -0.2) is 50.7 Å². The van der Waals surface area contributed by atoms with E-state index in [1.807, 2.05) is 48.6 Å². The minimum atomic E-state index is -0.605. The van der Waals surface area contributed by atoms with Crippen molar-refractivity contribution in [2.75, 3.05) is 38.7 Å². The fourth-order valence-electron chi connectivity index (χ4n) is 3.85. The van der Waals surface area contributed by atoms with E-state index in [9.17, 15) is 5.11 Å². The van der Waals surface area contributed by atoms with E-state index in [1.165, 1.54) is 5.56 Å². The summed E-state index contributed by atoms with van der Waals surface area (Å²) in [4.78, 5) is 0. The summed E-state index contributed by atoms with van der Waals surface area (Å²) in [6.45, 7) is 1.77. The van der Waals surface area contributed by atoms with Crippen molar-refractivity contribution >= 4 is 5.69 Å². The van der Waals surface area contributed by atoms with Crippen LogP contribution in [0.25, 0.3) is 0 Å². The Hall–Kier alpha value is -2.96. The highest BCUT2D eigenvalue weighted by atomic mass is 16.5. The fourth-order valence-corrected chi connectivity index (χ4v) is 3.85. The molecule has 0 aromatic heterocycles. The van der Waals surface area contributed by atoms with Crippen LogP contribution in [0.15, 0.2) is 72.5 Å². The summed E-state index contributed by atoms with van der Waals surface area (Å²) in [6, 6.07) is 16.0. The third-order valence-electron chi connectivity index (χ3n) is 5.29. The first-order chi connectivity index (χ1) is 14.8. The van der Waals surface area contributed by atoms with Crippen molar-refractivity contribution in [3.8, 4) is 11.5 Å². The third-order valence-corrected chi connectivity index (χ3v) is 5.29. The molecular formula is C24H28N2O4. The molecule has 6 nitrogen and oxygen atoms in total. The molecule has 4 rings (SSSR count). The number of ether oxygens (including phenoxy) is 3. The number of fused-ring (bicyclic) bond motifs is 3. The van der Waals surface area contributed by atoms with Gasteiger partial charge in [-0.3, -0.25) is 0 Å². The fraction of sp³-hybridized carbons (Fsp3) is 0.333. The zero-order chi connectivity index (χ0) is 20.8. The number of rotatable bonds is 10. The molecule has 0 saturated carbocycles. The normalized spacial score (nSPS) is 19.9. The van der Waals surface area contributed by atoms with Gasteiger partial charge >= 0.3 is 0 Å². The smallest absolute Gasteiger partial charge is 0.161 e. The Morgan fingerprint density at radius 2 is 1.87 bits per heavy atom. The molecule has 158 valence electrons. The molecule has 0 spiro atoms. The SMILES string of the molecule is COc1ccccc1OCCNCC(O)COC1=CC=CC2Nc3ccccc3C12. The van der Waals surface area contributed by atoms with Crippen molar-refractivity contribution in [1.29, 1.82) is 0 Å². The van der Waals surface area contributed by atoms with Gasteiger partial charge < -0.3 is 30.0 Å². The Labute approximate surface area is 177 Å². The van der Waals surface area contributed by atoms with Gasteiger partial charge in [-0.15, -0.1) is 0 Å². The Bertz CT molecular complexity index is 912. The van der Waals surface area contributed by atoms with Gasteiger partial charge in [0.2, 0.25) is 0 Å². The van der Waals surface area contributed by atoms with E-state index in [2.05, 4.69) is 28.8 Å². The summed E-state index contributed by atoms with van der Waals surface area (Å²) in [7, 11) is 1.62. The van der Waals surface area contributed by atoms with Gasteiger partial charge in [0.25, 0.3) is 0 Å². The highest BCUT2D eigenvalue weighted by Gasteiger charge is 2.35. The average molecular weight is 408 g/mol. The number of aliphatic hydroxyl groups is 1. The number of anilines is 1. The zero-order valence-electron chi connectivity index (χ0n) is 17.1. The maximum Gasteiger partial charge on any atom is 0.161 e. The number of hydrogen-bond donors (Lipinski definition) is 3. The van der Waals surface area contributed by atoms with Gasteiger partial charge in [0.15, 0.2) is 11.5 Å². The molecule has 3 atom stereocenters. The van der Waals surface area contributed by atoms with Crippen molar-refractivity contribution in [3.63, 3.8) is 0 Å². The van der Waals surface area contributed by atoms with E-state index in [1.54, 1.807) is 7.11 Å². The second-order valence-corrected chi connectivity index (χ2v) is 7.36. The summed E-state index contributed by atoms with van der Waals surface area (Å²) in [5, 5.41) is 17.0. The topological polar surface area (TPSA) is 72.0 Å². The largest absolute Gasteiger partial charge is 0.494 e. The van der Waals surface area contributed by atoms with E-state index in [4.69, 9.17) is 14.2 Å². The quantitative estimate of drug-likeness (QED) is 0.525. The number of allylic oxidation sites excluding steroid dienone is 2. The summed E-state index contributed by atoms with van der Waals surface area (Å²) in [5.74, 6) is 2.46. The van der Waals surface area contributed by atoms with Crippen LogP contribution in [0.4, 0.5) is 5.69 Å². The van der Waals surface area contributed by atoms with Gasteiger partial charge in [-0.2, -0.15) is 0 Å². The lowest BCUT2D eigenvalue weighted by Gasteiger charge is -2.25. The van der Waals surface area contributed by atoms with Gasteiger partial charge in [0, 0.05) is 18.8 Å². The number of benzene rings is 2. The molecule has 6 heteroatoms. The molecule has 0 radical (unpaired) electrons. The Morgan fingerprint density at radius 3 is 2.73 bits per heavy atom. The zero-order valence-corrected chi connectivity index (χ0v) is 17.1. The van der Waals surface area contributed by atoms with E-state index in [-0.39, 0.29) is 18.6 Å². The molecule has 2 aromatic rings. The van der Waals surface area contributed by atoms with Gasteiger partial charge in [0.05, 0.1) is 19.1 Å². The predicted molar refractivity (Wildman–Crippen MR) is 117 cm³/mol. The van der Waals surface area contributed by atoms with Crippen LogP contribution < -0.4 is 20.1 Å². The lowest BCUT2D eigenvalue weighted by Crippen LogP contribution is -2.33. The highest BCUT2D eigenvalue weighted by molar-refractivity contribution is 5.63. The molecule has 2 aliphatic rings. The molecule has 3 unspecified atom stereocenters. The molecule has 0 saturated heterocycles. The van der Waals surface area contributed by atoms with Gasteiger partial charge in [0.1, 0.15) is 25.1 Å².